The number of carbonyl (C=O) groups is 8. The standard InChI is InChI=1S/2C29H28ClFN4O3.2C29H29ClN4O3/c1-28(2,3)19-15-22(17-6-7-20(30)21(31)14-17)33-23-16-24(38-25(19)23)26(36)35-13-12-34(27(37)29(35,4)5)18-8-10-32-11-9-18;1-28(2,3)19-14-22(17-8-9-20(30)21(31)13-17)33-23-15-24(38-25(19)23)26(36)35-12-11-34(27(37)29(35,4)5)18-7-6-10-32-16-18;1-28(2,3)21-16-22(18-6-8-19(30)9-7-18)32-23-17-24(37-25(21)23)26(35)34-15-14-33(27(36)29(34,4)5)20-10-12-31-13-11-20;1-28(2,3)21-15-22(18-8-10-19(30)11-9-18)32-23-16-24(37-25(21)23)26(35)34-14-13-33(27(36)29(34,4)5)20-7-6-12-31-17-20/h6-11,14-16H,12-13H2,1-5H3;6-10,13-16H,11-12H2,1-5H3;6-13,16-17H,14-15H2,1-5H3;6-12,15-17H,13-14H2,1-5H3. The molecule has 8 amide bonds. The van der Waals surface area contributed by atoms with Crippen molar-refractivity contribution >= 4 is 161 Å². The van der Waals surface area contributed by atoms with Gasteiger partial charge in [-0.3, -0.25) is 58.3 Å². The topological polar surface area (TPSA) is 318 Å². The van der Waals surface area contributed by atoms with E-state index in [1.807, 2.05) is 126 Å². The van der Waals surface area contributed by atoms with E-state index in [1.165, 1.54) is 34.1 Å². The number of fused-ring (bicyclic) bond motifs is 4. The van der Waals surface area contributed by atoms with Crippen molar-refractivity contribution < 1.29 is 64.8 Å². The maximum atomic E-state index is 14.2. The van der Waals surface area contributed by atoms with Gasteiger partial charge in [-0.05, 0) is 198 Å². The summed E-state index contributed by atoms with van der Waals surface area (Å²) in [6.07, 6.45) is 13.2. The largest absolute Gasteiger partial charge is 0.449 e. The fourth-order valence-corrected chi connectivity index (χ4v) is 19.5. The lowest BCUT2D eigenvalue weighted by atomic mass is 9.86. The Bertz CT molecular complexity index is 7490. The highest BCUT2D eigenvalue weighted by Crippen LogP contribution is 2.45. The van der Waals surface area contributed by atoms with Gasteiger partial charge in [0.15, 0.2) is 45.4 Å². The zero-order chi connectivity index (χ0) is 108. The Hall–Kier alpha value is -15.0. The van der Waals surface area contributed by atoms with Gasteiger partial charge < -0.3 is 56.9 Å². The van der Waals surface area contributed by atoms with E-state index in [4.69, 9.17) is 74.0 Å². The molecule has 34 heteroatoms. The molecule has 0 spiro atoms. The molecule has 4 aliphatic heterocycles. The van der Waals surface area contributed by atoms with E-state index in [0.717, 1.165) is 56.1 Å². The third-order valence-electron chi connectivity index (χ3n) is 27.5. The molecule has 0 radical (unpaired) electrons. The van der Waals surface area contributed by atoms with Crippen molar-refractivity contribution in [2.45, 2.75) is 182 Å². The van der Waals surface area contributed by atoms with Gasteiger partial charge in [0, 0.05) is 180 Å². The molecule has 4 aromatic carbocycles. The fraction of sp³-hybridized carbons (Fsp3) is 0.310. The van der Waals surface area contributed by atoms with Gasteiger partial charge in [0.25, 0.3) is 47.3 Å². The van der Waals surface area contributed by atoms with Gasteiger partial charge in [-0.25, -0.2) is 28.7 Å². The molecule has 16 heterocycles. The number of amides is 8. The number of anilines is 4. The first kappa shape index (κ1) is 106. The van der Waals surface area contributed by atoms with E-state index in [2.05, 4.69) is 71.4 Å². The summed E-state index contributed by atoms with van der Waals surface area (Å²) in [7, 11) is 0. The average Bonchev–Trinajstić information content (AvgIpc) is 1.53. The number of benzene rings is 4. The minimum absolute atomic E-state index is 0.0304. The second-order valence-electron chi connectivity index (χ2n) is 43.5. The molecule has 0 N–H and O–H groups in total. The molecule has 0 bridgehead atoms. The summed E-state index contributed by atoms with van der Waals surface area (Å²) in [6.45, 7) is 41.5. The molecule has 772 valence electrons. The highest BCUT2D eigenvalue weighted by Gasteiger charge is 2.51. The SMILES string of the molecule is CC(C)(C)c1cc(-c2ccc(Cl)c(F)c2)nc2cc(C(=O)N3CCN(c4cccnc4)C(=O)C3(C)C)oc12.CC(C)(C)c1cc(-c2ccc(Cl)c(F)c2)nc2cc(C(=O)N3CCN(c4ccncc4)C(=O)C3(C)C)oc12.CC(C)(C)c1cc(-c2ccc(Cl)cc2)nc2cc(C(=O)N3CCN(c4cccnc4)C(=O)C3(C)C)oc12.CC(C)(C)c1cc(-c2ccc(Cl)cc2)nc2cc(C(=O)N3CCN(c4ccncc4)C(=O)C3(C)C)oc12. The molecule has 0 unspecified atom stereocenters. The lowest BCUT2D eigenvalue weighted by molar-refractivity contribution is -0.130. The lowest BCUT2D eigenvalue weighted by Crippen LogP contribution is -2.64. The predicted octanol–water partition coefficient (Wildman–Crippen LogP) is 24.7. The van der Waals surface area contributed by atoms with Gasteiger partial charge in [-0.2, -0.15) is 0 Å². The van der Waals surface area contributed by atoms with Crippen LogP contribution in [0.3, 0.4) is 0 Å². The molecule has 20 rings (SSSR count). The van der Waals surface area contributed by atoms with Crippen LogP contribution in [0.25, 0.3) is 89.4 Å². The van der Waals surface area contributed by atoms with Crippen LogP contribution in [0.2, 0.25) is 20.1 Å². The molecule has 0 aliphatic carbocycles. The molecule has 0 saturated carbocycles. The fourth-order valence-electron chi connectivity index (χ4n) is 19.0. The van der Waals surface area contributed by atoms with Gasteiger partial charge in [0.05, 0.1) is 56.6 Å². The summed E-state index contributed by atoms with van der Waals surface area (Å²) in [5, 5.41) is 1.36. The highest BCUT2D eigenvalue weighted by atomic mass is 35.5. The molecule has 150 heavy (non-hydrogen) atoms. The third kappa shape index (κ3) is 21.2. The van der Waals surface area contributed by atoms with Gasteiger partial charge >= 0.3 is 0 Å². The van der Waals surface area contributed by atoms with Crippen LogP contribution < -0.4 is 19.6 Å². The van der Waals surface area contributed by atoms with E-state index in [0.29, 0.717) is 141 Å². The van der Waals surface area contributed by atoms with E-state index < -0.39 is 45.6 Å². The Morgan fingerprint density at radius 1 is 0.293 bits per heavy atom. The van der Waals surface area contributed by atoms with Gasteiger partial charge in [-0.15, -0.1) is 0 Å². The lowest BCUT2D eigenvalue weighted by Gasteiger charge is -2.45. The van der Waals surface area contributed by atoms with Crippen LogP contribution in [0.1, 0.15) is 203 Å². The summed E-state index contributed by atoms with van der Waals surface area (Å²) in [4.78, 5) is 157. The molecule has 16 aromatic rings. The zero-order valence-corrected chi connectivity index (χ0v) is 89.9. The van der Waals surface area contributed by atoms with Gasteiger partial charge in [-0.1, -0.05) is 166 Å². The minimum atomic E-state index is -1.11. The average molecular weight is 2100 g/mol. The number of hydrogen-bond acceptors (Lipinski definition) is 20. The smallest absolute Gasteiger partial charge is 0.290 e. The number of aromatic nitrogens is 8. The first-order valence-electron chi connectivity index (χ1n) is 49.1. The second kappa shape index (κ2) is 40.8. The van der Waals surface area contributed by atoms with Gasteiger partial charge in [0.2, 0.25) is 0 Å². The number of rotatable bonds is 12. The molecule has 28 nitrogen and oxygen atoms in total. The Labute approximate surface area is 887 Å². The van der Waals surface area contributed by atoms with E-state index in [9.17, 15) is 47.1 Å². The van der Waals surface area contributed by atoms with Crippen LogP contribution in [0.15, 0.2) is 249 Å². The Kier molecular flexibility index (Phi) is 28.9. The molecule has 4 saturated heterocycles. The monoisotopic (exact) mass is 2100 g/mol. The summed E-state index contributed by atoms with van der Waals surface area (Å²) in [5.41, 5.74) is 10.7. The quantitative estimate of drug-likeness (QED) is 0.110. The number of pyridine rings is 8. The van der Waals surface area contributed by atoms with Crippen LogP contribution in [0, 0.1) is 11.6 Å². The van der Waals surface area contributed by atoms with Crippen molar-refractivity contribution in [3.63, 3.8) is 0 Å². The van der Waals surface area contributed by atoms with Crippen LogP contribution in [-0.4, -0.2) is 181 Å². The summed E-state index contributed by atoms with van der Waals surface area (Å²) < 4.78 is 53.0. The summed E-state index contributed by atoms with van der Waals surface area (Å²) in [6, 6.07) is 52.7. The summed E-state index contributed by atoms with van der Waals surface area (Å²) in [5.74, 6) is -2.76. The number of nitrogens with zero attached hydrogens (tertiary/aromatic N) is 16. The van der Waals surface area contributed by atoms with Crippen molar-refractivity contribution in [1.29, 1.82) is 0 Å². The first-order chi connectivity index (χ1) is 70.7. The minimum Gasteiger partial charge on any atom is -0.449 e. The van der Waals surface area contributed by atoms with Crippen molar-refractivity contribution in [2.24, 2.45) is 0 Å². The number of piperazine rings is 4. The Balaban J connectivity index is 0.000000136. The van der Waals surface area contributed by atoms with Crippen LogP contribution >= 0.6 is 46.4 Å². The molecule has 4 fully saturated rings. The Morgan fingerprint density at radius 3 is 0.767 bits per heavy atom. The summed E-state index contributed by atoms with van der Waals surface area (Å²) >= 11 is 23.9. The first-order valence-corrected chi connectivity index (χ1v) is 50.6. The van der Waals surface area contributed by atoms with E-state index >= 15 is 0 Å². The van der Waals surface area contributed by atoms with Crippen molar-refractivity contribution in [2.75, 3.05) is 72.0 Å². The number of furan rings is 4. The van der Waals surface area contributed by atoms with Crippen molar-refractivity contribution in [3.05, 3.63) is 309 Å². The third-order valence-corrected chi connectivity index (χ3v) is 28.6. The molecular weight excluding hydrogens is 1990 g/mol. The highest BCUT2D eigenvalue weighted by molar-refractivity contribution is 6.32. The predicted molar refractivity (Wildman–Crippen MR) is 579 cm³/mol. The van der Waals surface area contributed by atoms with Crippen molar-refractivity contribution in [1.82, 2.24) is 59.5 Å². The number of halogens is 6. The maximum Gasteiger partial charge on any atom is 0.290 e. The van der Waals surface area contributed by atoms with Crippen LogP contribution in [0.5, 0.6) is 0 Å². The number of carbonyl (C=O) groups excluding carboxylic acids is 8. The number of hydrogen-bond donors (Lipinski definition) is 0. The molecular formula is C116H114Cl4F2N16O12. The van der Waals surface area contributed by atoms with E-state index in [-0.39, 0.29) is 90.2 Å². The van der Waals surface area contributed by atoms with Crippen LogP contribution in [0.4, 0.5) is 31.5 Å². The second-order valence-corrected chi connectivity index (χ2v) is 45.2. The zero-order valence-electron chi connectivity index (χ0n) is 86.9. The van der Waals surface area contributed by atoms with E-state index in [1.54, 1.807) is 207 Å². The molecule has 0 atom stereocenters. The molecule has 12 aromatic heterocycles. The van der Waals surface area contributed by atoms with Gasteiger partial charge in [0.1, 0.15) is 55.9 Å². The van der Waals surface area contributed by atoms with Crippen molar-refractivity contribution in [3.8, 4) is 45.0 Å². The Morgan fingerprint density at radius 2 is 0.533 bits per heavy atom. The molecule has 4 aliphatic rings. The maximum absolute atomic E-state index is 14.2. The normalized spacial score (nSPS) is 15.9. The van der Waals surface area contributed by atoms with Crippen LogP contribution in [-0.2, 0) is 40.8 Å².